The van der Waals surface area contributed by atoms with Crippen LogP contribution >= 0.6 is 0 Å². The summed E-state index contributed by atoms with van der Waals surface area (Å²) in [5.74, 6) is -0.287. The Morgan fingerprint density at radius 3 is 2.48 bits per heavy atom. The topological polar surface area (TPSA) is 63.7 Å². The maximum Gasteiger partial charge on any atom is 0.237 e. The highest BCUT2D eigenvalue weighted by atomic mass is 19.1. The Bertz CT molecular complexity index is 796. The van der Waals surface area contributed by atoms with E-state index in [0.29, 0.717) is 34.3 Å². The second-order valence-corrected chi connectivity index (χ2v) is 4.63. The van der Waals surface area contributed by atoms with Crippen molar-refractivity contribution < 1.29 is 13.5 Å². The summed E-state index contributed by atoms with van der Waals surface area (Å²) in [7, 11) is 1.46. The van der Waals surface area contributed by atoms with Crippen LogP contribution in [0.1, 0.15) is 17.1 Å². The summed E-state index contributed by atoms with van der Waals surface area (Å²) < 4.78 is 31.7. The summed E-state index contributed by atoms with van der Waals surface area (Å²) in [6.07, 6.45) is 0.207. The van der Waals surface area contributed by atoms with Crippen LogP contribution in [0.5, 0.6) is 5.88 Å². The number of nitrogens with zero attached hydrogens (tertiary/aromatic N) is 3. The molecule has 3 rings (SSSR count). The first-order valence-electron chi connectivity index (χ1n) is 6.27. The maximum atomic E-state index is 13.2. The number of halogens is 2. The van der Waals surface area contributed by atoms with Crippen molar-refractivity contribution in [2.75, 3.05) is 7.11 Å². The molecule has 0 bridgehead atoms. The Morgan fingerprint density at radius 1 is 1.10 bits per heavy atom. The standard InChI is InChI=1S/C14H12F2N4O/c1-7-17-12-13(18-7)20-14(21-2)11(19-12)5-8-3-9(15)6-10(16)4-8/h3-4,6H,5H2,1-2H3,(H,17,18,19,20). The third-order valence-corrected chi connectivity index (χ3v) is 2.97. The van der Waals surface area contributed by atoms with Gasteiger partial charge in [0.25, 0.3) is 0 Å². The number of nitrogens with one attached hydrogen (secondary N) is 1. The van der Waals surface area contributed by atoms with Gasteiger partial charge >= 0.3 is 0 Å². The van der Waals surface area contributed by atoms with Crippen molar-refractivity contribution in [3.8, 4) is 5.88 Å². The van der Waals surface area contributed by atoms with Crippen LogP contribution in [0.3, 0.4) is 0 Å². The molecular formula is C14H12F2N4O. The summed E-state index contributed by atoms with van der Waals surface area (Å²) in [6.45, 7) is 1.79. The van der Waals surface area contributed by atoms with E-state index < -0.39 is 11.6 Å². The average molecular weight is 290 g/mol. The van der Waals surface area contributed by atoms with Gasteiger partial charge in [0.1, 0.15) is 23.2 Å². The molecule has 7 heteroatoms. The normalized spacial score (nSPS) is 11.0. The lowest BCUT2D eigenvalue weighted by molar-refractivity contribution is 0.392. The Kier molecular flexibility index (Phi) is 3.25. The fraction of sp³-hybridized carbons (Fsp3) is 0.214. The third-order valence-electron chi connectivity index (χ3n) is 2.97. The van der Waals surface area contributed by atoms with Crippen LogP contribution in [0, 0.1) is 18.6 Å². The van der Waals surface area contributed by atoms with Crippen LogP contribution in [-0.4, -0.2) is 27.0 Å². The van der Waals surface area contributed by atoms with Crippen molar-refractivity contribution in [3.05, 3.63) is 46.9 Å². The molecule has 2 heterocycles. The molecule has 108 valence electrons. The third kappa shape index (κ3) is 2.67. The molecule has 0 aliphatic rings. The highest BCUT2D eigenvalue weighted by Gasteiger charge is 2.13. The van der Waals surface area contributed by atoms with Crippen LogP contribution in [0.25, 0.3) is 11.3 Å². The monoisotopic (exact) mass is 290 g/mol. The quantitative estimate of drug-likeness (QED) is 0.805. The van der Waals surface area contributed by atoms with Gasteiger partial charge in [-0.05, 0) is 24.6 Å². The second kappa shape index (κ2) is 5.08. The van der Waals surface area contributed by atoms with Crippen molar-refractivity contribution in [2.45, 2.75) is 13.3 Å². The van der Waals surface area contributed by atoms with E-state index in [4.69, 9.17) is 4.74 Å². The van der Waals surface area contributed by atoms with E-state index in [1.54, 1.807) is 6.92 Å². The number of aromatic nitrogens is 4. The van der Waals surface area contributed by atoms with Crippen LogP contribution in [-0.2, 0) is 6.42 Å². The zero-order valence-electron chi connectivity index (χ0n) is 11.4. The number of methoxy groups -OCH3 is 1. The molecule has 0 aliphatic heterocycles. The Morgan fingerprint density at radius 2 is 1.81 bits per heavy atom. The van der Waals surface area contributed by atoms with E-state index in [-0.39, 0.29) is 6.42 Å². The zero-order valence-corrected chi connectivity index (χ0v) is 11.4. The lowest BCUT2D eigenvalue weighted by atomic mass is 10.1. The lowest BCUT2D eigenvalue weighted by Gasteiger charge is -2.07. The predicted molar refractivity (Wildman–Crippen MR) is 72.1 cm³/mol. The minimum atomic E-state index is -0.629. The second-order valence-electron chi connectivity index (χ2n) is 4.63. The fourth-order valence-electron chi connectivity index (χ4n) is 2.15. The number of rotatable bonds is 3. The first-order valence-corrected chi connectivity index (χ1v) is 6.27. The van der Waals surface area contributed by atoms with E-state index in [0.717, 1.165) is 6.07 Å². The van der Waals surface area contributed by atoms with Gasteiger partial charge in [0.15, 0.2) is 5.65 Å². The number of imidazole rings is 1. The summed E-state index contributed by atoms with van der Waals surface area (Å²) in [4.78, 5) is 15.8. The van der Waals surface area contributed by atoms with Gasteiger partial charge in [-0.25, -0.2) is 18.7 Å². The first kappa shape index (κ1) is 13.4. The molecule has 1 N–H and O–H groups in total. The molecule has 0 saturated carbocycles. The van der Waals surface area contributed by atoms with Gasteiger partial charge in [0.2, 0.25) is 11.5 Å². The number of hydrogen-bond acceptors (Lipinski definition) is 4. The van der Waals surface area contributed by atoms with Gasteiger partial charge in [-0.1, -0.05) is 0 Å². The van der Waals surface area contributed by atoms with E-state index in [9.17, 15) is 8.78 Å². The Labute approximate surface area is 119 Å². The van der Waals surface area contributed by atoms with Crippen LogP contribution in [0.4, 0.5) is 8.78 Å². The minimum Gasteiger partial charge on any atom is -0.480 e. The molecule has 1 aromatic carbocycles. The summed E-state index contributed by atoms with van der Waals surface area (Å²) in [5.41, 5.74) is 1.90. The molecule has 0 saturated heterocycles. The molecule has 0 atom stereocenters. The number of aryl methyl sites for hydroxylation is 1. The van der Waals surface area contributed by atoms with Crippen molar-refractivity contribution in [2.24, 2.45) is 0 Å². The van der Waals surface area contributed by atoms with Crippen molar-refractivity contribution in [3.63, 3.8) is 0 Å². The zero-order chi connectivity index (χ0) is 15.0. The Hall–Kier alpha value is -2.57. The minimum absolute atomic E-state index is 0.207. The highest BCUT2D eigenvalue weighted by molar-refractivity contribution is 5.66. The number of ether oxygens (including phenoxy) is 1. The molecule has 0 fully saturated rings. The number of aromatic amines is 1. The number of fused-ring (bicyclic) bond motifs is 1. The molecule has 0 unspecified atom stereocenters. The van der Waals surface area contributed by atoms with Crippen LogP contribution < -0.4 is 4.74 Å². The molecule has 5 nitrogen and oxygen atoms in total. The smallest absolute Gasteiger partial charge is 0.237 e. The van der Waals surface area contributed by atoms with Crippen molar-refractivity contribution in [1.82, 2.24) is 19.9 Å². The van der Waals surface area contributed by atoms with E-state index in [1.807, 2.05) is 0 Å². The predicted octanol–water partition coefficient (Wildman–Crippen LogP) is 2.54. The number of hydrogen-bond donors (Lipinski definition) is 1. The molecule has 21 heavy (non-hydrogen) atoms. The SMILES string of the molecule is COc1nc2nc(C)[nH]c2nc1Cc1cc(F)cc(F)c1. The molecule has 0 aliphatic carbocycles. The maximum absolute atomic E-state index is 13.2. The summed E-state index contributed by atoms with van der Waals surface area (Å²) >= 11 is 0. The van der Waals surface area contributed by atoms with E-state index in [2.05, 4.69) is 19.9 Å². The van der Waals surface area contributed by atoms with E-state index >= 15 is 0 Å². The van der Waals surface area contributed by atoms with Gasteiger partial charge in [0.05, 0.1) is 7.11 Å². The molecule has 0 spiro atoms. The lowest BCUT2D eigenvalue weighted by Crippen LogP contribution is -2.01. The number of H-pyrrole nitrogens is 1. The van der Waals surface area contributed by atoms with Crippen LogP contribution in [0.2, 0.25) is 0 Å². The van der Waals surface area contributed by atoms with Gasteiger partial charge < -0.3 is 9.72 Å². The van der Waals surface area contributed by atoms with Gasteiger partial charge in [-0.3, -0.25) is 0 Å². The van der Waals surface area contributed by atoms with Crippen LogP contribution in [0.15, 0.2) is 18.2 Å². The van der Waals surface area contributed by atoms with Gasteiger partial charge in [0, 0.05) is 12.5 Å². The van der Waals surface area contributed by atoms with Crippen molar-refractivity contribution >= 4 is 11.3 Å². The average Bonchev–Trinajstić information content (AvgIpc) is 2.75. The highest BCUT2D eigenvalue weighted by Crippen LogP contribution is 2.21. The van der Waals surface area contributed by atoms with Crippen molar-refractivity contribution in [1.29, 1.82) is 0 Å². The molecular weight excluding hydrogens is 278 g/mol. The van der Waals surface area contributed by atoms with Gasteiger partial charge in [-0.15, -0.1) is 0 Å². The molecule has 0 amide bonds. The molecule has 0 radical (unpaired) electrons. The summed E-state index contributed by atoms with van der Waals surface area (Å²) in [5, 5.41) is 0. The number of benzene rings is 1. The largest absolute Gasteiger partial charge is 0.480 e. The summed E-state index contributed by atoms with van der Waals surface area (Å²) in [6, 6.07) is 3.34. The molecule has 3 aromatic rings. The van der Waals surface area contributed by atoms with Gasteiger partial charge in [-0.2, -0.15) is 4.98 Å². The Balaban J connectivity index is 2.05. The first-order chi connectivity index (χ1) is 10.0. The molecule has 2 aromatic heterocycles. The fourth-order valence-corrected chi connectivity index (χ4v) is 2.15. The van der Waals surface area contributed by atoms with E-state index in [1.165, 1.54) is 19.2 Å².